The molecule has 142 valence electrons. The monoisotopic (exact) mass is 357 g/mol. The number of carbonyl (C=O) groups excluding carboxylic acids is 2. The molecule has 2 N–H and O–H groups in total. The van der Waals surface area contributed by atoms with Gasteiger partial charge in [0.25, 0.3) is 0 Å². The molecule has 1 atom stereocenters. The Morgan fingerprint density at radius 3 is 2.54 bits per heavy atom. The molecule has 1 aliphatic heterocycles. The number of nitrogens with zero attached hydrogens (tertiary/aromatic N) is 1. The Labute approximate surface area is 156 Å². The zero-order chi connectivity index (χ0) is 18.4. The topological polar surface area (TPSA) is 61.4 Å². The first-order valence-electron chi connectivity index (χ1n) is 9.98. The van der Waals surface area contributed by atoms with Crippen molar-refractivity contribution in [3.05, 3.63) is 35.4 Å². The smallest absolute Gasteiger partial charge is 0.237 e. The molecule has 1 aliphatic carbocycles. The summed E-state index contributed by atoms with van der Waals surface area (Å²) in [5.74, 6) is -0.0211. The molecule has 2 aliphatic rings. The van der Waals surface area contributed by atoms with Gasteiger partial charge < -0.3 is 10.6 Å². The third-order valence-corrected chi connectivity index (χ3v) is 5.55. The molecule has 2 amide bonds. The Morgan fingerprint density at radius 1 is 1.15 bits per heavy atom. The van der Waals surface area contributed by atoms with Gasteiger partial charge in [-0.1, -0.05) is 55.5 Å². The van der Waals surface area contributed by atoms with Gasteiger partial charge in [0.05, 0.1) is 12.5 Å². The number of carbonyl (C=O) groups is 2. The number of hydrogen-bond donors (Lipinski definition) is 2. The quantitative estimate of drug-likeness (QED) is 0.796. The summed E-state index contributed by atoms with van der Waals surface area (Å²) in [6.45, 7) is 4.19. The van der Waals surface area contributed by atoms with Crippen LogP contribution in [0.25, 0.3) is 0 Å². The van der Waals surface area contributed by atoms with E-state index in [1.807, 2.05) is 0 Å². The average Bonchev–Trinajstić information content (AvgIpc) is 2.88. The van der Waals surface area contributed by atoms with Gasteiger partial charge in [-0.05, 0) is 25.3 Å². The molecule has 1 aromatic rings. The Hall–Kier alpha value is -1.88. The molecule has 0 unspecified atom stereocenters. The van der Waals surface area contributed by atoms with E-state index >= 15 is 0 Å². The summed E-state index contributed by atoms with van der Waals surface area (Å²) in [6.07, 6.45) is 7.28. The summed E-state index contributed by atoms with van der Waals surface area (Å²) in [5, 5.41) is 6.09. The molecule has 0 radical (unpaired) electrons. The van der Waals surface area contributed by atoms with Gasteiger partial charge in [-0.15, -0.1) is 0 Å². The Balaban J connectivity index is 1.59. The summed E-state index contributed by atoms with van der Waals surface area (Å²) in [5.41, 5.74) is 2.41. The molecule has 1 heterocycles. The lowest BCUT2D eigenvalue weighted by Gasteiger charge is -2.35. The standard InChI is InChI=1S/C21H31N3O2/c1-16-8-10-17(11-9-16)15-24-13-12-22-21(26)19(24)14-20(25)23-18-6-4-2-3-5-7-18/h8-11,18-19H,2-7,12-15H2,1H3,(H,22,26)(H,23,25)/t19-/m0/s1. The number of hydrogen-bond acceptors (Lipinski definition) is 3. The van der Waals surface area contributed by atoms with Crippen LogP contribution >= 0.6 is 0 Å². The van der Waals surface area contributed by atoms with Crippen molar-refractivity contribution in [2.45, 2.75) is 70.5 Å². The van der Waals surface area contributed by atoms with Crippen molar-refractivity contribution in [3.8, 4) is 0 Å². The van der Waals surface area contributed by atoms with E-state index in [9.17, 15) is 9.59 Å². The van der Waals surface area contributed by atoms with Crippen LogP contribution in [-0.4, -0.2) is 41.9 Å². The first-order chi connectivity index (χ1) is 12.6. The highest BCUT2D eigenvalue weighted by Gasteiger charge is 2.32. The molecule has 0 spiro atoms. The van der Waals surface area contributed by atoms with Crippen LogP contribution in [0.4, 0.5) is 0 Å². The van der Waals surface area contributed by atoms with Crippen molar-refractivity contribution < 1.29 is 9.59 Å². The van der Waals surface area contributed by atoms with Gasteiger partial charge in [0.2, 0.25) is 11.8 Å². The lowest BCUT2D eigenvalue weighted by molar-refractivity contribution is -0.134. The van der Waals surface area contributed by atoms with Crippen LogP contribution in [0.15, 0.2) is 24.3 Å². The summed E-state index contributed by atoms with van der Waals surface area (Å²) in [6, 6.07) is 8.29. The predicted molar refractivity (Wildman–Crippen MR) is 103 cm³/mol. The van der Waals surface area contributed by atoms with Gasteiger partial charge in [-0.3, -0.25) is 14.5 Å². The zero-order valence-electron chi connectivity index (χ0n) is 15.8. The number of benzene rings is 1. The van der Waals surface area contributed by atoms with E-state index < -0.39 is 0 Å². The molecule has 0 aromatic heterocycles. The summed E-state index contributed by atoms with van der Waals surface area (Å²) >= 11 is 0. The van der Waals surface area contributed by atoms with E-state index in [4.69, 9.17) is 0 Å². The highest BCUT2D eigenvalue weighted by Crippen LogP contribution is 2.18. The van der Waals surface area contributed by atoms with Gasteiger partial charge in [0.15, 0.2) is 0 Å². The molecule has 5 nitrogen and oxygen atoms in total. The van der Waals surface area contributed by atoms with Crippen LogP contribution < -0.4 is 10.6 Å². The minimum atomic E-state index is -0.379. The van der Waals surface area contributed by atoms with E-state index in [0.29, 0.717) is 13.1 Å². The first kappa shape index (κ1) is 18.9. The van der Waals surface area contributed by atoms with Gasteiger partial charge >= 0.3 is 0 Å². The molecule has 3 rings (SSSR count). The molecule has 1 saturated heterocycles. The van der Waals surface area contributed by atoms with E-state index in [2.05, 4.69) is 46.7 Å². The Bertz CT molecular complexity index is 606. The van der Waals surface area contributed by atoms with Gasteiger partial charge in [0.1, 0.15) is 0 Å². The van der Waals surface area contributed by atoms with Gasteiger partial charge in [0, 0.05) is 25.7 Å². The number of piperazine rings is 1. The lowest BCUT2D eigenvalue weighted by Crippen LogP contribution is -2.56. The number of amides is 2. The maximum atomic E-state index is 12.6. The van der Waals surface area contributed by atoms with Crippen molar-refractivity contribution in [1.82, 2.24) is 15.5 Å². The van der Waals surface area contributed by atoms with Crippen molar-refractivity contribution >= 4 is 11.8 Å². The summed E-state index contributed by atoms with van der Waals surface area (Å²) in [7, 11) is 0. The summed E-state index contributed by atoms with van der Waals surface area (Å²) < 4.78 is 0. The molecule has 26 heavy (non-hydrogen) atoms. The minimum absolute atomic E-state index is 0.00727. The van der Waals surface area contributed by atoms with E-state index in [0.717, 1.165) is 19.4 Å². The number of rotatable bonds is 5. The fraction of sp³-hybridized carbons (Fsp3) is 0.619. The van der Waals surface area contributed by atoms with E-state index in [1.165, 1.54) is 36.8 Å². The average molecular weight is 357 g/mol. The molecule has 2 fully saturated rings. The maximum absolute atomic E-state index is 12.6. The molecule has 5 heteroatoms. The van der Waals surface area contributed by atoms with Crippen molar-refractivity contribution in [1.29, 1.82) is 0 Å². The largest absolute Gasteiger partial charge is 0.353 e. The second kappa shape index (κ2) is 9.17. The highest BCUT2D eigenvalue weighted by atomic mass is 16.2. The van der Waals surface area contributed by atoms with Gasteiger partial charge in [-0.25, -0.2) is 0 Å². The Morgan fingerprint density at radius 2 is 1.85 bits per heavy atom. The van der Waals surface area contributed by atoms with Crippen molar-refractivity contribution in [3.63, 3.8) is 0 Å². The van der Waals surface area contributed by atoms with Crippen LogP contribution in [-0.2, 0) is 16.1 Å². The molecular weight excluding hydrogens is 326 g/mol. The molecule has 1 saturated carbocycles. The first-order valence-corrected chi connectivity index (χ1v) is 9.98. The Kier molecular flexibility index (Phi) is 6.67. The lowest BCUT2D eigenvalue weighted by atomic mass is 10.0. The third kappa shape index (κ3) is 5.31. The molecular formula is C21H31N3O2. The second-order valence-electron chi connectivity index (χ2n) is 7.72. The van der Waals surface area contributed by atoms with Crippen LogP contribution in [0.5, 0.6) is 0 Å². The fourth-order valence-electron chi connectivity index (χ4n) is 3.99. The highest BCUT2D eigenvalue weighted by molar-refractivity contribution is 5.88. The van der Waals surface area contributed by atoms with Crippen LogP contribution in [0.1, 0.15) is 56.1 Å². The number of aryl methyl sites for hydroxylation is 1. The van der Waals surface area contributed by atoms with Gasteiger partial charge in [-0.2, -0.15) is 0 Å². The predicted octanol–water partition coefficient (Wildman–Crippen LogP) is 2.52. The third-order valence-electron chi connectivity index (χ3n) is 5.55. The van der Waals surface area contributed by atoms with Crippen LogP contribution in [0, 0.1) is 6.92 Å². The van der Waals surface area contributed by atoms with Crippen LogP contribution in [0.3, 0.4) is 0 Å². The SMILES string of the molecule is Cc1ccc(CN2CCNC(=O)[C@@H]2CC(=O)NC2CCCCCC2)cc1. The van der Waals surface area contributed by atoms with Crippen LogP contribution in [0.2, 0.25) is 0 Å². The van der Waals surface area contributed by atoms with Crippen molar-refractivity contribution in [2.24, 2.45) is 0 Å². The van der Waals surface area contributed by atoms with Crippen molar-refractivity contribution in [2.75, 3.05) is 13.1 Å². The maximum Gasteiger partial charge on any atom is 0.237 e. The molecule has 1 aromatic carbocycles. The number of nitrogens with one attached hydrogen (secondary N) is 2. The molecule has 0 bridgehead atoms. The second-order valence-corrected chi connectivity index (χ2v) is 7.72. The fourth-order valence-corrected chi connectivity index (χ4v) is 3.99. The van der Waals surface area contributed by atoms with E-state index in [-0.39, 0.29) is 30.3 Å². The minimum Gasteiger partial charge on any atom is -0.353 e. The van der Waals surface area contributed by atoms with E-state index in [1.54, 1.807) is 0 Å². The zero-order valence-corrected chi connectivity index (χ0v) is 15.8. The normalized spacial score (nSPS) is 22.5. The summed E-state index contributed by atoms with van der Waals surface area (Å²) in [4.78, 5) is 27.1.